The molecule has 2 unspecified atom stereocenters. The highest BCUT2D eigenvalue weighted by molar-refractivity contribution is 6.20. The number of aliphatic hydroxyl groups is 1. The van der Waals surface area contributed by atoms with E-state index in [1.54, 1.807) is 0 Å². The van der Waals surface area contributed by atoms with Crippen molar-refractivity contribution in [1.29, 1.82) is 0 Å². The van der Waals surface area contributed by atoms with E-state index in [-0.39, 0.29) is 0 Å². The van der Waals surface area contributed by atoms with E-state index in [2.05, 4.69) is 0 Å². The molecule has 64 valence electrons. The van der Waals surface area contributed by atoms with Gasteiger partial charge in [-0.15, -0.1) is 11.6 Å². The van der Waals surface area contributed by atoms with Crippen molar-refractivity contribution < 1.29 is 5.11 Å². The van der Waals surface area contributed by atoms with Gasteiger partial charge in [-0.1, -0.05) is 0 Å². The molecule has 0 aliphatic heterocycles. The maximum absolute atomic E-state index is 8.37. The van der Waals surface area contributed by atoms with Gasteiger partial charge in [0, 0.05) is 0 Å². The van der Waals surface area contributed by atoms with E-state index >= 15 is 0 Å². The van der Waals surface area contributed by atoms with Crippen LogP contribution in [0.25, 0.3) is 0 Å². The van der Waals surface area contributed by atoms with Crippen LogP contribution in [0.15, 0.2) is 0 Å². The van der Waals surface area contributed by atoms with Crippen LogP contribution >= 0.6 is 11.6 Å². The molecule has 10 heavy (non-hydrogen) atoms. The Balaban J connectivity index is 0. The summed E-state index contributed by atoms with van der Waals surface area (Å²) < 4.78 is 0. The molecule has 0 aliphatic carbocycles. The van der Waals surface area contributed by atoms with Crippen molar-refractivity contribution in [2.45, 2.75) is 18.5 Å². The van der Waals surface area contributed by atoms with E-state index in [0.717, 1.165) is 0 Å². The number of hydrogen-bond acceptors (Lipinski definition) is 3. The Morgan fingerprint density at radius 1 is 1.40 bits per heavy atom. The summed E-state index contributed by atoms with van der Waals surface area (Å²) >= 11 is 5.14. The molecule has 0 aliphatic rings. The molecule has 0 heterocycles. The maximum atomic E-state index is 8.37. The third-order valence-electron chi connectivity index (χ3n) is 0.461. The summed E-state index contributed by atoms with van der Waals surface area (Å²) in [6, 6.07) is 0. The van der Waals surface area contributed by atoms with E-state index in [0.29, 0.717) is 0 Å². The van der Waals surface area contributed by atoms with E-state index in [4.69, 9.17) is 22.4 Å². The lowest BCUT2D eigenvalue weighted by molar-refractivity contribution is 0.191. The molecule has 4 heteroatoms. The molecule has 3 nitrogen and oxygen atoms in total. The monoisotopic (exact) mass is 168 g/mol. The number of aliphatic hydroxyl groups excluding tert-OH is 1. The van der Waals surface area contributed by atoms with Crippen LogP contribution in [-0.4, -0.2) is 42.8 Å². The molecule has 0 radical (unpaired) electrons. The molecule has 0 saturated heterocycles. The molecule has 0 fully saturated rings. The highest BCUT2D eigenvalue weighted by Crippen LogP contribution is 1.90. The molecule has 0 saturated carbocycles. The summed E-state index contributed by atoms with van der Waals surface area (Å²) in [5.74, 6) is 0. The SMILES string of the molecule is CC(O)C(N)Cl.CN(C)C. The van der Waals surface area contributed by atoms with Gasteiger partial charge in [-0.25, -0.2) is 0 Å². The molecule has 3 N–H and O–H groups in total. The molecule has 0 amide bonds. The average molecular weight is 169 g/mol. The number of alkyl halides is 1. The molecule has 0 bridgehead atoms. The van der Waals surface area contributed by atoms with Crippen molar-refractivity contribution in [3.05, 3.63) is 0 Å². The molecule has 0 spiro atoms. The van der Waals surface area contributed by atoms with Gasteiger partial charge in [-0.05, 0) is 28.1 Å². The van der Waals surface area contributed by atoms with Crippen LogP contribution in [-0.2, 0) is 0 Å². The van der Waals surface area contributed by atoms with Crippen LogP contribution < -0.4 is 5.73 Å². The molecule has 0 aromatic rings. The Kier molecular flexibility index (Phi) is 9.33. The minimum Gasteiger partial charge on any atom is -0.391 e. The first-order valence-corrected chi connectivity index (χ1v) is 3.50. The first-order valence-electron chi connectivity index (χ1n) is 3.06. The lowest BCUT2D eigenvalue weighted by atomic mass is 10.4. The Hall–Kier alpha value is 0.170. The number of rotatable bonds is 1. The summed E-state index contributed by atoms with van der Waals surface area (Å²) in [6.07, 6.45) is -0.605. The van der Waals surface area contributed by atoms with E-state index in [1.807, 2.05) is 26.0 Å². The van der Waals surface area contributed by atoms with Crippen LogP contribution in [0.2, 0.25) is 0 Å². The number of nitrogens with zero attached hydrogens (tertiary/aromatic N) is 1. The Morgan fingerprint density at radius 2 is 1.50 bits per heavy atom. The third-order valence-corrected chi connectivity index (χ3v) is 0.826. The third kappa shape index (κ3) is 24.2. The zero-order valence-electron chi connectivity index (χ0n) is 7.00. The minimum absolute atomic E-state index is 0.605. The highest BCUT2D eigenvalue weighted by atomic mass is 35.5. The lowest BCUT2D eigenvalue weighted by Crippen LogP contribution is -2.25. The molecule has 0 aromatic heterocycles. The standard InChI is InChI=1S/C3H8ClNO.C3H9N/c1-2(6)3(4)5;1-4(2)3/h2-3,6H,5H2,1H3;1-3H3. The Labute approximate surface area is 67.8 Å². The van der Waals surface area contributed by atoms with Crippen molar-refractivity contribution in [2.75, 3.05) is 21.1 Å². The molecular weight excluding hydrogens is 152 g/mol. The predicted molar refractivity (Wildman–Crippen MR) is 45.1 cm³/mol. The molecule has 0 aromatic carbocycles. The van der Waals surface area contributed by atoms with Gasteiger partial charge in [0.25, 0.3) is 0 Å². The average Bonchev–Trinajstić information content (AvgIpc) is 1.63. The number of nitrogens with two attached hydrogens (primary N) is 1. The van der Waals surface area contributed by atoms with Crippen LogP contribution in [0.3, 0.4) is 0 Å². The minimum atomic E-state index is -0.620. The van der Waals surface area contributed by atoms with Crippen molar-refractivity contribution >= 4 is 11.6 Å². The lowest BCUT2D eigenvalue weighted by Gasteiger charge is -2.02. The topological polar surface area (TPSA) is 49.5 Å². The highest BCUT2D eigenvalue weighted by Gasteiger charge is 2.00. The molecule has 2 atom stereocenters. The van der Waals surface area contributed by atoms with Crippen molar-refractivity contribution in [3.8, 4) is 0 Å². The normalized spacial score (nSPS) is 15.6. The van der Waals surface area contributed by atoms with Crippen LogP contribution in [0, 0.1) is 0 Å². The van der Waals surface area contributed by atoms with Gasteiger partial charge in [-0.3, -0.25) is 0 Å². The summed E-state index contributed by atoms with van der Waals surface area (Å²) in [5, 5.41) is 8.37. The summed E-state index contributed by atoms with van der Waals surface area (Å²) in [7, 11) is 6.00. The second-order valence-electron chi connectivity index (χ2n) is 2.53. The first-order chi connectivity index (χ1) is 4.37. The first kappa shape index (κ1) is 12.8. The van der Waals surface area contributed by atoms with Gasteiger partial charge in [-0.2, -0.15) is 0 Å². The fourth-order valence-corrected chi connectivity index (χ4v) is 0. The van der Waals surface area contributed by atoms with Gasteiger partial charge >= 0.3 is 0 Å². The second-order valence-corrected chi connectivity index (χ2v) is 3.03. The fourth-order valence-electron chi connectivity index (χ4n) is 0. The van der Waals surface area contributed by atoms with Crippen molar-refractivity contribution in [3.63, 3.8) is 0 Å². The van der Waals surface area contributed by atoms with E-state index in [1.165, 1.54) is 6.92 Å². The van der Waals surface area contributed by atoms with Gasteiger partial charge < -0.3 is 15.7 Å². The Morgan fingerprint density at radius 3 is 1.50 bits per heavy atom. The maximum Gasteiger partial charge on any atom is 0.106 e. The van der Waals surface area contributed by atoms with E-state index in [9.17, 15) is 0 Å². The molecule has 0 rings (SSSR count). The largest absolute Gasteiger partial charge is 0.391 e. The predicted octanol–water partition coefficient (Wildman–Crippen LogP) is 0.0686. The fraction of sp³-hybridized carbons (Fsp3) is 1.00. The van der Waals surface area contributed by atoms with Gasteiger partial charge in [0.2, 0.25) is 0 Å². The van der Waals surface area contributed by atoms with E-state index < -0.39 is 11.6 Å². The quantitative estimate of drug-likeness (QED) is 0.431. The van der Waals surface area contributed by atoms with Gasteiger partial charge in [0.05, 0.1) is 6.10 Å². The summed E-state index contributed by atoms with van der Waals surface area (Å²) in [6.45, 7) is 1.54. The smallest absolute Gasteiger partial charge is 0.106 e. The summed E-state index contributed by atoms with van der Waals surface area (Å²) in [5.41, 5.74) is 4.33. The Bertz CT molecular complexity index is 58.0. The number of hydrogen-bond donors (Lipinski definition) is 2. The van der Waals surface area contributed by atoms with Crippen molar-refractivity contribution in [1.82, 2.24) is 4.90 Å². The van der Waals surface area contributed by atoms with Crippen LogP contribution in [0.1, 0.15) is 6.92 Å². The van der Waals surface area contributed by atoms with Gasteiger partial charge in [0.1, 0.15) is 5.50 Å². The van der Waals surface area contributed by atoms with Crippen LogP contribution in [0.5, 0.6) is 0 Å². The van der Waals surface area contributed by atoms with Crippen molar-refractivity contribution in [2.24, 2.45) is 5.73 Å². The second kappa shape index (κ2) is 7.28. The molecular formula is C6H17ClN2O. The van der Waals surface area contributed by atoms with Gasteiger partial charge in [0.15, 0.2) is 0 Å². The zero-order chi connectivity index (χ0) is 8.73. The summed E-state index contributed by atoms with van der Waals surface area (Å²) in [4.78, 5) is 2.00. The zero-order valence-corrected chi connectivity index (χ0v) is 7.76. The number of halogens is 1. The van der Waals surface area contributed by atoms with Crippen LogP contribution in [0.4, 0.5) is 0 Å².